The number of rotatable bonds is 9. The van der Waals surface area contributed by atoms with Gasteiger partial charge in [-0.15, -0.1) is 0 Å². The molecule has 0 spiro atoms. The van der Waals surface area contributed by atoms with Crippen molar-refractivity contribution in [3.05, 3.63) is 53.2 Å². The zero-order valence-electron chi connectivity index (χ0n) is 20.9. The molecule has 2 aromatic heterocycles. The Morgan fingerprint density at radius 1 is 1.24 bits per heavy atom. The topological polar surface area (TPSA) is 108 Å². The maximum absolute atomic E-state index is 13.2. The molecule has 9 heteroatoms. The third kappa shape index (κ3) is 4.32. The summed E-state index contributed by atoms with van der Waals surface area (Å²) >= 11 is 0. The average molecular weight is 502 g/mol. The summed E-state index contributed by atoms with van der Waals surface area (Å²) < 4.78 is 2.27. The number of carbonyl (C=O) groups excluding carboxylic acids is 3. The van der Waals surface area contributed by atoms with E-state index in [1.54, 1.807) is 11.9 Å². The Balaban J connectivity index is 1.35. The Morgan fingerprint density at radius 3 is 2.76 bits per heavy atom. The second-order valence-corrected chi connectivity index (χ2v) is 10.4. The zero-order valence-corrected chi connectivity index (χ0v) is 20.9. The van der Waals surface area contributed by atoms with E-state index >= 15 is 0 Å². The lowest BCUT2D eigenvalue weighted by Gasteiger charge is -2.36. The lowest BCUT2D eigenvalue weighted by molar-refractivity contribution is -0.125. The van der Waals surface area contributed by atoms with Gasteiger partial charge in [0, 0.05) is 68.4 Å². The van der Waals surface area contributed by atoms with Gasteiger partial charge in [0.1, 0.15) is 18.0 Å². The van der Waals surface area contributed by atoms with E-state index in [0.717, 1.165) is 53.5 Å². The maximum Gasteiger partial charge on any atom is 0.255 e. The molecule has 2 amide bonds. The van der Waals surface area contributed by atoms with Crippen LogP contribution in [0, 0.1) is 0 Å². The molecule has 0 radical (unpaired) electrons. The van der Waals surface area contributed by atoms with Gasteiger partial charge in [0.05, 0.1) is 11.8 Å². The zero-order chi connectivity index (χ0) is 25.7. The van der Waals surface area contributed by atoms with Crippen molar-refractivity contribution in [2.45, 2.75) is 57.0 Å². The molecule has 3 aromatic rings. The second-order valence-electron chi connectivity index (χ2n) is 10.4. The van der Waals surface area contributed by atoms with Crippen molar-refractivity contribution in [1.29, 1.82) is 0 Å². The summed E-state index contributed by atoms with van der Waals surface area (Å²) in [6.45, 7) is 2.42. The molecule has 2 aliphatic heterocycles. The number of aliphatic hydroxyl groups excluding tert-OH is 1. The normalized spacial score (nSPS) is 18.6. The van der Waals surface area contributed by atoms with Crippen molar-refractivity contribution in [2.24, 2.45) is 0 Å². The first-order chi connectivity index (χ1) is 18.0. The number of aliphatic hydroxyl groups is 1. The van der Waals surface area contributed by atoms with Gasteiger partial charge >= 0.3 is 0 Å². The third-order valence-corrected chi connectivity index (χ3v) is 7.76. The molecule has 1 saturated carbocycles. The molecular formula is C28H31N5O4. The van der Waals surface area contributed by atoms with E-state index in [0.29, 0.717) is 37.7 Å². The fraction of sp³-hybridized carbons (Fsp3) is 0.429. The molecule has 37 heavy (non-hydrogen) atoms. The van der Waals surface area contributed by atoms with Gasteiger partial charge in [-0.3, -0.25) is 14.5 Å². The number of amides is 2. The molecular weight excluding hydrogens is 470 g/mol. The van der Waals surface area contributed by atoms with Crippen LogP contribution in [0.15, 0.2) is 36.5 Å². The van der Waals surface area contributed by atoms with E-state index in [1.165, 1.54) is 5.56 Å². The average Bonchev–Trinajstić information content (AvgIpc) is 3.56. The Bertz CT molecular complexity index is 1390. The van der Waals surface area contributed by atoms with Crippen LogP contribution in [-0.2, 0) is 22.7 Å². The van der Waals surface area contributed by atoms with Gasteiger partial charge in [-0.1, -0.05) is 6.07 Å². The summed E-state index contributed by atoms with van der Waals surface area (Å²) in [5, 5.41) is 13.5. The van der Waals surface area contributed by atoms with Crippen LogP contribution < -0.4 is 5.32 Å². The molecule has 1 atom stereocenters. The smallest absolute Gasteiger partial charge is 0.255 e. The van der Waals surface area contributed by atoms with Crippen LogP contribution in [0.25, 0.3) is 22.3 Å². The third-order valence-electron chi connectivity index (χ3n) is 7.76. The molecule has 1 saturated heterocycles. The number of β-amino-alcohol motifs (C(OH)–C–C–N with tert-alkyl or cyclic N) is 1. The molecule has 3 aliphatic rings. The minimum absolute atomic E-state index is 0.191. The first-order valence-corrected chi connectivity index (χ1v) is 13.0. The Hall–Kier alpha value is -3.56. The SMILES string of the molecule is CNC(=O)C(CCC=O)N1Cc2cc(-c3cc(CN4CC(O)C4)c4ccn(C5CC5)c4n3)ccc2C1=O. The van der Waals surface area contributed by atoms with Crippen LogP contribution in [0.5, 0.6) is 0 Å². The minimum atomic E-state index is -0.687. The highest BCUT2D eigenvalue weighted by molar-refractivity contribution is 6.01. The van der Waals surface area contributed by atoms with Gasteiger partial charge < -0.3 is 24.7 Å². The monoisotopic (exact) mass is 501 g/mol. The predicted octanol–water partition coefficient (Wildman–Crippen LogP) is 2.26. The minimum Gasteiger partial charge on any atom is -0.390 e. The molecule has 0 bridgehead atoms. The van der Waals surface area contributed by atoms with Crippen LogP contribution in [0.3, 0.4) is 0 Å². The molecule has 2 fully saturated rings. The summed E-state index contributed by atoms with van der Waals surface area (Å²) in [7, 11) is 1.54. The van der Waals surface area contributed by atoms with E-state index in [1.807, 2.05) is 18.2 Å². The highest BCUT2D eigenvalue weighted by atomic mass is 16.3. The summed E-state index contributed by atoms with van der Waals surface area (Å²) in [6, 6.07) is 9.84. The van der Waals surface area contributed by atoms with E-state index < -0.39 is 6.04 Å². The first kappa shape index (κ1) is 23.8. The Morgan fingerprint density at radius 2 is 2.05 bits per heavy atom. The van der Waals surface area contributed by atoms with Crippen molar-refractivity contribution < 1.29 is 19.5 Å². The lowest BCUT2D eigenvalue weighted by atomic mass is 10.0. The quantitative estimate of drug-likeness (QED) is 0.436. The second kappa shape index (κ2) is 9.39. The van der Waals surface area contributed by atoms with Gasteiger partial charge in [-0.25, -0.2) is 4.98 Å². The van der Waals surface area contributed by atoms with E-state index in [2.05, 4.69) is 33.1 Å². The summed E-state index contributed by atoms with van der Waals surface area (Å²) in [5.41, 5.74) is 5.37. The number of benzene rings is 1. The summed E-state index contributed by atoms with van der Waals surface area (Å²) in [5.74, 6) is -0.457. The van der Waals surface area contributed by atoms with Crippen LogP contribution in [0.2, 0.25) is 0 Å². The number of carbonyl (C=O) groups is 3. The van der Waals surface area contributed by atoms with Crippen LogP contribution in [-0.4, -0.2) is 74.8 Å². The summed E-state index contributed by atoms with van der Waals surface area (Å²) in [6.07, 6.45) is 5.49. The fourth-order valence-corrected chi connectivity index (χ4v) is 5.61. The van der Waals surface area contributed by atoms with E-state index in [-0.39, 0.29) is 24.3 Å². The van der Waals surface area contributed by atoms with Crippen molar-refractivity contribution in [2.75, 3.05) is 20.1 Å². The van der Waals surface area contributed by atoms with Gasteiger partial charge in [0.15, 0.2) is 0 Å². The lowest BCUT2D eigenvalue weighted by Crippen LogP contribution is -2.49. The fourth-order valence-electron chi connectivity index (χ4n) is 5.61. The van der Waals surface area contributed by atoms with Gasteiger partial charge in [0.2, 0.25) is 5.91 Å². The first-order valence-electron chi connectivity index (χ1n) is 13.0. The predicted molar refractivity (Wildman–Crippen MR) is 138 cm³/mol. The number of hydrogen-bond donors (Lipinski definition) is 2. The van der Waals surface area contributed by atoms with Crippen LogP contribution in [0.1, 0.15) is 53.2 Å². The molecule has 4 heterocycles. The Labute approximate surface area is 215 Å². The highest BCUT2D eigenvalue weighted by Crippen LogP contribution is 2.39. The number of likely N-dealkylation sites (tertiary alicyclic amines) is 1. The van der Waals surface area contributed by atoms with Gasteiger partial charge in [-0.05, 0) is 54.7 Å². The molecule has 9 nitrogen and oxygen atoms in total. The number of nitrogens with one attached hydrogen (secondary N) is 1. The maximum atomic E-state index is 13.2. The van der Waals surface area contributed by atoms with Crippen molar-refractivity contribution in [3.8, 4) is 11.3 Å². The molecule has 1 aromatic carbocycles. The van der Waals surface area contributed by atoms with Gasteiger partial charge in [-0.2, -0.15) is 0 Å². The molecule has 1 aliphatic carbocycles. The number of hydrogen-bond acceptors (Lipinski definition) is 6. The highest BCUT2D eigenvalue weighted by Gasteiger charge is 2.36. The Kier molecular flexibility index (Phi) is 6.04. The number of pyridine rings is 1. The standard InChI is InChI=1S/C28H31N5O4/c1-29-27(36)25(3-2-10-34)33-14-18-11-17(4-7-23(18)28(33)37)24-12-19(13-31-15-21(35)16-31)22-8-9-32(20-5-6-20)26(22)30-24/h4,7-12,20-21,25,35H,2-3,5-6,13-16H2,1H3,(H,29,36). The van der Waals surface area contributed by atoms with E-state index in [4.69, 9.17) is 4.98 Å². The largest absolute Gasteiger partial charge is 0.390 e. The van der Waals surface area contributed by atoms with E-state index in [9.17, 15) is 19.5 Å². The van der Waals surface area contributed by atoms with Crippen LogP contribution >= 0.6 is 0 Å². The number of aromatic nitrogens is 2. The van der Waals surface area contributed by atoms with Gasteiger partial charge in [0.25, 0.3) is 5.91 Å². The molecule has 1 unspecified atom stereocenters. The number of fused-ring (bicyclic) bond motifs is 2. The molecule has 192 valence electrons. The summed E-state index contributed by atoms with van der Waals surface area (Å²) in [4.78, 5) is 45.5. The number of aldehydes is 1. The van der Waals surface area contributed by atoms with Crippen molar-refractivity contribution in [3.63, 3.8) is 0 Å². The number of nitrogens with zero attached hydrogens (tertiary/aromatic N) is 4. The van der Waals surface area contributed by atoms with Crippen LogP contribution in [0.4, 0.5) is 0 Å². The molecule has 6 rings (SSSR count). The molecule has 2 N–H and O–H groups in total. The number of likely N-dealkylation sites (N-methyl/N-ethyl adjacent to an activating group) is 1. The van der Waals surface area contributed by atoms with Crippen molar-refractivity contribution >= 4 is 29.1 Å². The van der Waals surface area contributed by atoms with Crippen molar-refractivity contribution in [1.82, 2.24) is 24.7 Å².